The summed E-state index contributed by atoms with van der Waals surface area (Å²) in [6.07, 6.45) is 5.14. The van der Waals surface area contributed by atoms with Crippen LogP contribution in [-0.4, -0.2) is 40.2 Å². The van der Waals surface area contributed by atoms with Crippen molar-refractivity contribution in [2.75, 3.05) is 13.6 Å². The van der Waals surface area contributed by atoms with Gasteiger partial charge < -0.3 is 15.3 Å². The molecule has 0 unspecified atom stereocenters. The van der Waals surface area contributed by atoms with E-state index in [1.54, 1.807) is 25.4 Å². The van der Waals surface area contributed by atoms with Crippen LogP contribution in [0.25, 0.3) is 0 Å². The zero-order valence-electron chi connectivity index (χ0n) is 11.6. The topological polar surface area (TPSA) is 65.5 Å². The lowest BCUT2D eigenvalue weighted by molar-refractivity contribution is 0.0247. The zero-order valence-corrected chi connectivity index (χ0v) is 12.4. The van der Waals surface area contributed by atoms with E-state index in [0.717, 1.165) is 31.4 Å². The predicted octanol–water partition coefficient (Wildman–Crippen LogP) is 2.18. The molecule has 110 valence electrons. The number of likely N-dealkylation sites (N-methyl/N-ethyl adjacent to an activating group) is 1. The number of hydrogen-bond acceptors (Lipinski definition) is 3. The molecule has 2 rings (SSSR count). The lowest BCUT2D eigenvalue weighted by Gasteiger charge is -2.28. The fourth-order valence-electron chi connectivity index (χ4n) is 2.52. The Balaban J connectivity index is 1.80. The summed E-state index contributed by atoms with van der Waals surface area (Å²) >= 11 is 5.75. The number of aromatic nitrogens is 1. The minimum Gasteiger partial charge on any atom is -0.388 e. The summed E-state index contributed by atoms with van der Waals surface area (Å²) in [6.45, 7) is 0.714. The Morgan fingerprint density at radius 3 is 2.80 bits per heavy atom. The molecule has 5 nitrogen and oxygen atoms in total. The third-order valence-electron chi connectivity index (χ3n) is 3.62. The van der Waals surface area contributed by atoms with Gasteiger partial charge in [-0.1, -0.05) is 24.4 Å². The predicted molar refractivity (Wildman–Crippen MR) is 77.5 cm³/mol. The van der Waals surface area contributed by atoms with Crippen LogP contribution in [0.1, 0.15) is 31.4 Å². The first kappa shape index (κ1) is 15.1. The molecule has 1 aromatic rings. The number of urea groups is 1. The maximum atomic E-state index is 12.0. The molecule has 0 aliphatic heterocycles. The van der Waals surface area contributed by atoms with Crippen molar-refractivity contribution >= 4 is 17.6 Å². The Bertz CT molecular complexity index is 458. The molecule has 0 bridgehead atoms. The van der Waals surface area contributed by atoms with Gasteiger partial charge in [-0.05, 0) is 25.0 Å². The number of aliphatic hydroxyl groups is 1. The molecular formula is C14H20ClN3O2. The van der Waals surface area contributed by atoms with Crippen molar-refractivity contribution in [2.45, 2.75) is 37.8 Å². The number of halogens is 1. The Morgan fingerprint density at radius 2 is 2.20 bits per heavy atom. The molecule has 0 atom stereocenters. The van der Waals surface area contributed by atoms with Gasteiger partial charge in [0.15, 0.2) is 0 Å². The highest BCUT2D eigenvalue weighted by Gasteiger charge is 2.33. The van der Waals surface area contributed by atoms with E-state index >= 15 is 0 Å². The average Bonchev–Trinajstić information content (AvgIpc) is 2.84. The highest BCUT2D eigenvalue weighted by Crippen LogP contribution is 2.29. The van der Waals surface area contributed by atoms with Crippen LogP contribution in [-0.2, 0) is 6.54 Å². The second-order valence-electron chi connectivity index (χ2n) is 5.41. The van der Waals surface area contributed by atoms with Gasteiger partial charge in [0.2, 0.25) is 0 Å². The molecule has 0 aromatic carbocycles. The lowest BCUT2D eigenvalue weighted by atomic mass is 10.0. The van der Waals surface area contributed by atoms with Crippen molar-refractivity contribution in [1.29, 1.82) is 0 Å². The molecule has 0 saturated heterocycles. The average molecular weight is 298 g/mol. The standard InChI is InChI=1S/C14H20ClN3O2/c1-18(10-14(20)6-2-3-7-14)13(19)17-9-12-5-4-11(15)8-16-12/h4-5,8,20H,2-3,6-7,9-10H2,1H3,(H,17,19). The van der Waals surface area contributed by atoms with Gasteiger partial charge in [0, 0.05) is 13.2 Å². The second kappa shape index (κ2) is 6.41. The van der Waals surface area contributed by atoms with Crippen LogP contribution >= 0.6 is 11.6 Å². The molecule has 0 spiro atoms. The van der Waals surface area contributed by atoms with Crippen LogP contribution < -0.4 is 5.32 Å². The van der Waals surface area contributed by atoms with Crippen LogP contribution in [0.3, 0.4) is 0 Å². The van der Waals surface area contributed by atoms with Gasteiger partial charge in [0.05, 0.1) is 29.4 Å². The van der Waals surface area contributed by atoms with Crippen molar-refractivity contribution in [3.05, 3.63) is 29.0 Å². The zero-order chi connectivity index (χ0) is 14.6. The molecule has 1 heterocycles. The quantitative estimate of drug-likeness (QED) is 0.895. The van der Waals surface area contributed by atoms with Crippen molar-refractivity contribution in [1.82, 2.24) is 15.2 Å². The molecule has 1 aliphatic carbocycles. The third-order valence-corrected chi connectivity index (χ3v) is 3.85. The molecule has 1 fully saturated rings. The van der Waals surface area contributed by atoms with E-state index in [1.165, 1.54) is 4.90 Å². The summed E-state index contributed by atoms with van der Waals surface area (Å²) < 4.78 is 0. The fourth-order valence-corrected chi connectivity index (χ4v) is 2.63. The maximum Gasteiger partial charge on any atom is 0.317 e. The minimum atomic E-state index is -0.718. The minimum absolute atomic E-state index is 0.206. The van der Waals surface area contributed by atoms with Crippen molar-refractivity contribution in [3.63, 3.8) is 0 Å². The van der Waals surface area contributed by atoms with E-state index < -0.39 is 5.60 Å². The Morgan fingerprint density at radius 1 is 1.50 bits per heavy atom. The molecule has 1 aromatic heterocycles. The first-order valence-electron chi connectivity index (χ1n) is 6.80. The number of pyridine rings is 1. The first-order valence-corrected chi connectivity index (χ1v) is 7.18. The Labute approximate surface area is 123 Å². The van der Waals surface area contributed by atoms with E-state index in [9.17, 15) is 9.90 Å². The largest absolute Gasteiger partial charge is 0.388 e. The van der Waals surface area contributed by atoms with Gasteiger partial charge in [0.1, 0.15) is 0 Å². The molecular weight excluding hydrogens is 278 g/mol. The highest BCUT2D eigenvalue weighted by atomic mass is 35.5. The summed E-state index contributed by atoms with van der Waals surface area (Å²) in [7, 11) is 1.70. The van der Waals surface area contributed by atoms with Crippen LogP contribution in [0.4, 0.5) is 4.79 Å². The number of hydrogen-bond donors (Lipinski definition) is 2. The van der Waals surface area contributed by atoms with Gasteiger partial charge in [-0.3, -0.25) is 4.98 Å². The van der Waals surface area contributed by atoms with Crippen molar-refractivity contribution in [2.24, 2.45) is 0 Å². The van der Waals surface area contributed by atoms with Crippen LogP contribution in [0.15, 0.2) is 18.3 Å². The van der Waals surface area contributed by atoms with Gasteiger partial charge in [0.25, 0.3) is 0 Å². The summed E-state index contributed by atoms with van der Waals surface area (Å²) in [6, 6.07) is 3.30. The van der Waals surface area contributed by atoms with E-state index in [1.807, 2.05) is 0 Å². The van der Waals surface area contributed by atoms with Crippen molar-refractivity contribution in [3.8, 4) is 0 Å². The van der Waals surface area contributed by atoms with Gasteiger partial charge in [-0.25, -0.2) is 4.79 Å². The molecule has 2 amide bonds. The molecule has 20 heavy (non-hydrogen) atoms. The SMILES string of the molecule is CN(CC1(O)CCCC1)C(=O)NCc1ccc(Cl)cn1. The first-order chi connectivity index (χ1) is 9.48. The molecule has 0 radical (unpaired) electrons. The summed E-state index contributed by atoms with van der Waals surface area (Å²) in [5.74, 6) is 0. The van der Waals surface area contributed by atoms with E-state index in [4.69, 9.17) is 11.6 Å². The number of amides is 2. The Hall–Kier alpha value is -1.33. The number of nitrogens with one attached hydrogen (secondary N) is 1. The summed E-state index contributed by atoms with van der Waals surface area (Å²) in [4.78, 5) is 17.6. The highest BCUT2D eigenvalue weighted by molar-refractivity contribution is 6.30. The van der Waals surface area contributed by atoms with E-state index in [-0.39, 0.29) is 6.03 Å². The van der Waals surface area contributed by atoms with Gasteiger partial charge >= 0.3 is 6.03 Å². The Kier molecular flexibility index (Phi) is 4.83. The third kappa shape index (κ3) is 4.08. The van der Waals surface area contributed by atoms with Crippen molar-refractivity contribution < 1.29 is 9.90 Å². The lowest BCUT2D eigenvalue weighted by Crippen LogP contribution is -2.45. The molecule has 1 aliphatic rings. The van der Waals surface area contributed by atoms with Gasteiger partial charge in [-0.2, -0.15) is 0 Å². The molecule has 1 saturated carbocycles. The van der Waals surface area contributed by atoms with E-state index in [2.05, 4.69) is 10.3 Å². The molecule has 2 N–H and O–H groups in total. The van der Waals surface area contributed by atoms with Gasteiger partial charge in [-0.15, -0.1) is 0 Å². The maximum absolute atomic E-state index is 12.0. The number of nitrogens with zero attached hydrogens (tertiary/aromatic N) is 2. The number of carbonyl (C=O) groups is 1. The monoisotopic (exact) mass is 297 g/mol. The number of carbonyl (C=O) groups excluding carboxylic acids is 1. The second-order valence-corrected chi connectivity index (χ2v) is 5.85. The van der Waals surface area contributed by atoms with Crippen LogP contribution in [0.5, 0.6) is 0 Å². The van der Waals surface area contributed by atoms with Crippen LogP contribution in [0.2, 0.25) is 5.02 Å². The fraction of sp³-hybridized carbons (Fsp3) is 0.571. The summed E-state index contributed by atoms with van der Waals surface area (Å²) in [5, 5.41) is 13.6. The number of rotatable bonds is 4. The molecule has 6 heteroatoms. The smallest absolute Gasteiger partial charge is 0.317 e. The normalized spacial score (nSPS) is 16.9. The summed E-state index contributed by atoms with van der Waals surface area (Å²) in [5.41, 5.74) is 0.0284. The van der Waals surface area contributed by atoms with Crippen LogP contribution in [0, 0.1) is 0 Å². The van der Waals surface area contributed by atoms with E-state index in [0.29, 0.717) is 18.1 Å².